The lowest BCUT2D eigenvalue weighted by Gasteiger charge is -2.46. The highest BCUT2D eigenvalue weighted by molar-refractivity contribution is 7.00. The molecular formula is C106H73BN2O2. The molecule has 5 heteroatoms. The van der Waals surface area contributed by atoms with Gasteiger partial charge in [-0.2, -0.15) is 0 Å². The molecule has 19 aromatic rings. The van der Waals surface area contributed by atoms with E-state index in [1.54, 1.807) is 0 Å². The second-order valence-corrected chi connectivity index (χ2v) is 30.6. The maximum atomic E-state index is 6.96. The van der Waals surface area contributed by atoms with Gasteiger partial charge in [-0.3, -0.25) is 0 Å². The first-order valence-corrected chi connectivity index (χ1v) is 38.5. The summed E-state index contributed by atoms with van der Waals surface area (Å²) in [6.07, 6.45) is 0. The first-order valence-electron chi connectivity index (χ1n) is 38.5. The first kappa shape index (κ1) is 65.3. The van der Waals surface area contributed by atoms with E-state index in [0.717, 1.165) is 189 Å². The lowest BCUT2D eigenvalue weighted by Crippen LogP contribution is -2.61. The van der Waals surface area contributed by atoms with E-state index >= 15 is 0 Å². The first-order chi connectivity index (χ1) is 54.7. The van der Waals surface area contributed by atoms with Crippen LogP contribution in [0.15, 0.2) is 397 Å². The third kappa shape index (κ3) is 11.1. The van der Waals surface area contributed by atoms with E-state index in [-0.39, 0.29) is 6.71 Å². The lowest BCUT2D eigenvalue weighted by atomic mass is 9.33. The summed E-state index contributed by atoms with van der Waals surface area (Å²) >= 11 is 0. The SMILES string of the molecule is CC(C)(C)c1cc2c3c(c1)N(c1c(-c4cccc(-c5ccccc5)c4)cc(-c4ccccc4)cc1-c1cccc4oc5ccccc5c14)c1ccc(-c4ccccc4)cc1B3c1cc(-c3ccccc3)ccc1N2c1c(-c2cccc(-c3ccccc3)c2)cc(-c2ccccc2)cc1-c1cccc2oc3ccccc3c12. The molecule has 0 saturated heterocycles. The van der Waals surface area contributed by atoms with Crippen LogP contribution < -0.4 is 26.2 Å². The van der Waals surface area contributed by atoms with Gasteiger partial charge in [-0.05, 0) is 201 Å². The Morgan fingerprint density at radius 1 is 0.225 bits per heavy atom. The Hall–Kier alpha value is -14.0. The van der Waals surface area contributed by atoms with Gasteiger partial charge in [-0.25, -0.2) is 0 Å². The third-order valence-corrected chi connectivity index (χ3v) is 23.0. The Kier molecular flexibility index (Phi) is 15.6. The van der Waals surface area contributed by atoms with Crippen molar-refractivity contribution in [1.82, 2.24) is 0 Å². The van der Waals surface area contributed by atoms with Crippen LogP contribution in [0, 0.1) is 0 Å². The van der Waals surface area contributed by atoms with Gasteiger partial charge >= 0.3 is 0 Å². The fourth-order valence-corrected chi connectivity index (χ4v) is 17.7. The Labute approximate surface area is 646 Å². The van der Waals surface area contributed by atoms with E-state index < -0.39 is 5.41 Å². The van der Waals surface area contributed by atoms with Crippen LogP contribution in [-0.4, -0.2) is 6.71 Å². The predicted molar refractivity (Wildman–Crippen MR) is 468 cm³/mol. The van der Waals surface area contributed by atoms with Crippen molar-refractivity contribution in [3.63, 3.8) is 0 Å². The molecule has 0 atom stereocenters. The van der Waals surface area contributed by atoms with E-state index in [2.05, 4.69) is 419 Å². The second-order valence-electron chi connectivity index (χ2n) is 30.6. The molecule has 0 amide bonds. The monoisotopic (exact) mass is 1420 g/mol. The molecule has 2 aromatic heterocycles. The van der Waals surface area contributed by atoms with Gasteiger partial charge in [-0.15, -0.1) is 0 Å². The summed E-state index contributed by atoms with van der Waals surface area (Å²) in [7, 11) is 0. The number of hydrogen-bond donors (Lipinski definition) is 0. The van der Waals surface area contributed by atoms with Crippen molar-refractivity contribution in [2.24, 2.45) is 0 Å². The molecule has 4 nitrogen and oxygen atoms in total. The average Bonchev–Trinajstić information content (AvgIpc) is 1.03. The molecule has 21 rings (SSSR count). The van der Waals surface area contributed by atoms with Crippen LogP contribution >= 0.6 is 0 Å². The molecule has 0 unspecified atom stereocenters. The Morgan fingerprint density at radius 3 is 0.910 bits per heavy atom. The standard InChI is InChI=1S/C106H73BN2O2/c1-106(2,3)82-66-95-103-96(67-82)109(105-88(79-45-27-43-75(59-79)69-32-12-5-13-33-69)61-81(73-40-20-9-21-41-73)63-90(105)84-49-29-53-100-102(84)86-47-23-25-51-98(86)111-100)94-57-55-77(71-36-16-7-17-37-71)65-92(94)107(103)91-64-76(70-34-14-6-15-35-70)54-56-93(91)108(95)104-87(78-44-26-42-74(58-78)68-30-10-4-11-31-68)60-80(72-38-18-8-19-39-72)62-89(104)83-48-28-52-99-101(83)85-46-22-24-50-97(85)110-99/h4-67H,1-3H3. The van der Waals surface area contributed by atoms with E-state index in [1.807, 2.05) is 0 Å². The maximum absolute atomic E-state index is 6.96. The molecule has 111 heavy (non-hydrogen) atoms. The number of nitrogens with zero attached hydrogens (tertiary/aromatic N) is 2. The number of hydrogen-bond acceptors (Lipinski definition) is 4. The second kappa shape index (κ2) is 26.4. The van der Waals surface area contributed by atoms with Crippen molar-refractivity contribution in [3.05, 3.63) is 394 Å². The Morgan fingerprint density at radius 2 is 0.532 bits per heavy atom. The Bertz CT molecular complexity index is 6460. The normalized spacial score (nSPS) is 12.4. The van der Waals surface area contributed by atoms with E-state index in [0.29, 0.717) is 0 Å². The summed E-state index contributed by atoms with van der Waals surface area (Å²) in [5.41, 5.74) is 36.4. The molecule has 0 bridgehead atoms. The predicted octanol–water partition coefficient (Wildman–Crippen LogP) is 27.5. The average molecular weight is 1420 g/mol. The van der Waals surface area contributed by atoms with Crippen LogP contribution in [0.1, 0.15) is 26.3 Å². The Balaban J connectivity index is 0.957. The van der Waals surface area contributed by atoms with Crippen molar-refractivity contribution < 1.29 is 8.83 Å². The molecule has 2 aliphatic rings. The summed E-state index contributed by atoms with van der Waals surface area (Å²) in [6, 6.07) is 144. The summed E-state index contributed by atoms with van der Waals surface area (Å²) in [5, 5.41) is 4.25. The van der Waals surface area contributed by atoms with Crippen molar-refractivity contribution in [2.45, 2.75) is 26.2 Å². The van der Waals surface area contributed by atoms with Crippen LogP contribution in [0.5, 0.6) is 0 Å². The van der Waals surface area contributed by atoms with Gasteiger partial charge in [-0.1, -0.05) is 324 Å². The number of benzene rings is 17. The fourth-order valence-electron chi connectivity index (χ4n) is 17.7. The van der Waals surface area contributed by atoms with Crippen LogP contribution in [0.25, 0.3) is 155 Å². The van der Waals surface area contributed by atoms with Crippen molar-refractivity contribution in [2.75, 3.05) is 9.80 Å². The van der Waals surface area contributed by atoms with Gasteiger partial charge in [0.2, 0.25) is 0 Å². The van der Waals surface area contributed by atoms with Crippen molar-refractivity contribution in [1.29, 1.82) is 0 Å². The molecular weight excluding hydrogens is 1340 g/mol. The molecule has 522 valence electrons. The minimum absolute atomic E-state index is 0.315. The van der Waals surface area contributed by atoms with Crippen molar-refractivity contribution in [3.8, 4) is 111 Å². The molecule has 0 radical (unpaired) electrons. The highest BCUT2D eigenvalue weighted by atomic mass is 16.3. The zero-order chi connectivity index (χ0) is 73.8. The molecule has 0 spiro atoms. The molecule has 0 N–H and O–H groups in total. The molecule has 17 aromatic carbocycles. The minimum atomic E-state index is -0.393. The molecule has 2 aliphatic heterocycles. The van der Waals surface area contributed by atoms with E-state index in [9.17, 15) is 0 Å². The smallest absolute Gasteiger partial charge is 0.252 e. The zero-order valence-corrected chi connectivity index (χ0v) is 61.7. The van der Waals surface area contributed by atoms with Gasteiger partial charge in [0, 0.05) is 66.5 Å². The van der Waals surface area contributed by atoms with Gasteiger partial charge < -0.3 is 18.6 Å². The molecule has 0 fully saturated rings. The molecule has 0 aliphatic carbocycles. The summed E-state index contributed by atoms with van der Waals surface area (Å²) < 4.78 is 13.9. The minimum Gasteiger partial charge on any atom is -0.456 e. The van der Waals surface area contributed by atoms with E-state index in [1.165, 1.54) is 22.0 Å². The third-order valence-electron chi connectivity index (χ3n) is 23.0. The summed E-state index contributed by atoms with van der Waals surface area (Å²) in [4.78, 5) is 5.41. The van der Waals surface area contributed by atoms with E-state index in [4.69, 9.17) is 8.83 Å². The van der Waals surface area contributed by atoms with Crippen LogP contribution in [0.3, 0.4) is 0 Å². The van der Waals surface area contributed by atoms with Crippen LogP contribution in [0.2, 0.25) is 0 Å². The van der Waals surface area contributed by atoms with Gasteiger partial charge in [0.05, 0.1) is 11.4 Å². The van der Waals surface area contributed by atoms with Crippen LogP contribution in [-0.2, 0) is 5.41 Å². The lowest BCUT2D eigenvalue weighted by molar-refractivity contribution is 0.590. The van der Waals surface area contributed by atoms with Gasteiger partial charge in [0.1, 0.15) is 22.3 Å². The summed E-state index contributed by atoms with van der Waals surface area (Å²) in [6.45, 7) is 6.84. The van der Waals surface area contributed by atoms with Gasteiger partial charge in [0.15, 0.2) is 0 Å². The van der Waals surface area contributed by atoms with Crippen LogP contribution in [0.4, 0.5) is 34.1 Å². The maximum Gasteiger partial charge on any atom is 0.252 e. The zero-order valence-electron chi connectivity index (χ0n) is 61.7. The highest BCUT2D eigenvalue weighted by Gasteiger charge is 2.47. The molecule has 4 heterocycles. The summed E-state index contributed by atoms with van der Waals surface area (Å²) in [5.74, 6) is 0. The fraction of sp³-hybridized carbons (Fsp3) is 0.0377. The highest BCUT2D eigenvalue weighted by Crippen LogP contribution is 2.57. The van der Waals surface area contributed by atoms with Crippen molar-refractivity contribution >= 4 is 101 Å². The topological polar surface area (TPSA) is 32.8 Å². The number of rotatable bonds is 12. The van der Waals surface area contributed by atoms with Gasteiger partial charge in [0.25, 0.3) is 6.71 Å². The number of furan rings is 2. The number of fused-ring (bicyclic) bond motifs is 10. The number of para-hydroxylation sites is 2. The number of anilines is 6. The largest absolute Gasteiger partial charge is 0.456 e. The molecule has 0 saturated carbocycles. The quantitative estimate of drug-likeness (QED) is 0.114.